The molecule has 0 saturated carbocycles. The maximum Gasteiger partial charge on any atom is 0.317 e. The van der Waals surface area contributed by atoms with Gasteiger partial charge in [-0.2, -0.15) is 0 Å². The smallest absolute Gasteiger partial charge is 0.317 e. The predicted octanol–water partition coefficient (Wildman–Crippen LogP) is 5.36. The van der Waals surface area contributed by atoms with Crippen molar-refractivity contribution in [3.63, 3.8) is 0 Å². The fourth-order valence-electron chi connectivity index (χ4n) is 7.62. The van der Waals surface area contributed by atoms with E-state index in [1.54, 1.807) is 19.2 Å². The van der Waals surface area contributed by atoms with E-state index in [4.69, 9.17) is 37.4 Å². The second-order valence-corrected chi connectivity index (χ2v) is 15.9. The van der Waals surface area contributed by atoms with E-state index in [-0.39, 0.29) is 33.4 Å². The lowest BCUT2D eigenvalue weighted by molar-refractivity contribution is -0.904. The van der Waals surface area contributed by atoms with Gasteiger partial charge >= 0.3 is 5.97 Å². The maximum atomic E-state index is 14.1. The summed E-state index contributed by atoms with van der Waals surface area (Å²) in [6.45, 7) is 5.48. The van der Waals surface area contributed by atoms with E-state index < -0.39 is 17.3 Å². The van der Waals surface area contributed by atoms with E-state index in [1.807, 2.05) is 61.3 Å². The van der Waals surface area contributed by atoms with Gasteiger partial charge in [-0.3, -0.25) is 19.8 Å². The van der Waals surface area contributed by atoms with Crippen LogP contribution >= 0.6 is 34.5 Å². The molecule has 0 radical (unpaired) electrons. The van der Waals surface area contributed by atoms with Crippen LogP contribution in [0.15, 0.2) is 67.0 Å². The van der Waals surface area contributed by atoms with Gasteiger partial charge < -0.3 is 24.1 Å². The predicted molar refractivity (Wildman–Crippen MR) is 197 cm³/mol. The summed E-state index contributed by atoms with van der Waals surface area (Å²) in [7, 11) is 4.99. The number of hydrogen-bond donors (Lipinski definition) is 1. The summed E-state index contributed by atoms with van der Waals surface area (Å²) < 4.78 is 18.1. The van der Waals surface area contributed by atoms with Gasteiger partial charge in [0.1, 0.15) is 21.6 Å². The van der Waals surface area contributed by atoms with Crippen molar-refractivity contribution in [1.29, 1.82) is 0 Å². The van der Waals surface area contributed by atoms with E-state index >= 15 is 0 Å². The molecule has 5 heterocycles. The summed E-state index contributed by atoms with van der Waals surface area (Å²) in [6.07, 6.45) is 4.81. The van der Waals surface area contributed by atoms with E-state index in [0.29, 0.717) is 41.6 Å². The number of aromatic nitrogens is 1. The SMILES string of the molecule is COc1ccc([C@H](Cc2c(Cl)c[n+](O)cc2Cl)c2cc(CN(C)CC(C)(C(=O)O[C@H]3CN4CCC3CC4)c3ccccc3)sc2C(=O)[O-])cc1OC. The molecule has 0 amide bonds. The highest BCUT2D eigenvalue weighted by Crippen LogP contribution is 2.41. The number of benzene rings is 2. The van der Waals surface area contributed by atoms with E-state index in [9.17, 15) is 19.9 Å². The maximum absolute atomic E-state index is 14.1. The standard InChI is InChI=1S/C39H43Cl2N3O7S/c1-39(26-8-6-5-7-9-26,38(47)51-35-22-43-14-12-24(35)13-15-43)23-42(2)19-27-17-29(36(52-27)37(45)46)28(18-30-31(40)20-44(48)21-32(30)41)25-10-11-33(49-3)34(16-25)50-4/h5-11,16-17,20-21,24,28,35H,12-15,18-19,22-23H2,1-4H3,(H-,45,46,48)/t28-,35-,39?/m0/s1. The number of halogens is 2. The van der Waals surface area contributed by atoms with Crippen LogP contribution in [-0.4, -0.2) is 80.5 Å². The molecule has 10 nitrogen and oxygen atoms in total. The lowest BCUT2D eigenvalue weighted by atomic mass is 9.81. The number of pyridine rings is 1. The average Bonchev–Trinajstić information content (AvgIpc) is 3.55. The molecule has 0 aliphatic carbocycles. The van der Waals surface area contributed by atoms with Gasteiger partial charge in [-0.05, 0) is 87.1 Å². The zero-order valence-corrected chi connectivity index (χ0v) is 32.0. The average molecular weight is 769 g/mol. The van der Waals surface area contributed by atoms with Crippen molar-refractivity contribution >= 4 is 46.5 Å². The molecule has 3 fully saturated rings. The molecule has 52 heavy (non-hydrogen) atoms. The zero-order chi connectivity index (χ0) is 37.2. The third kappa shape index (κ3) is 8.04. The molecule has 13 heteroatoms. The highest BCUT2D eigenvalue weighted by Gasteiger charge is 2.43. The molecule has 3 saturated heterocycles. The van der Waals surface area contributed by atoms with Crippen LogP contribution < -0.4 is 19.3 Å². The Morgan fingerprint density at radius 1 is 1.06 bits per heavy atom. The Labute approximate surface area is 318 Å². The monoisotopic (exact) mass is 767 g/mol. The molecule has 2 bridgehead atoms. The number of carbonyl (C=O) groups is 2. The van der Waals surface area contributed by atoms with Crippen molar-refractivity contribution < 1.29 is 38.8 Å². The molecular formula is C39H43Cl2N3O7S. The number of aromatic carboxylic acids is 1. The van der Waals surface area contributed by atoms with E-state index in [2.05, 4.69) is 4.90 Å². The fraction of sp³-hybridized carbons (Fsp3) is 0.410. The van der Waals surface area contributed by atoms with Crippen molar-refractivity contribution in [2.24, 2.45) is 5.92 Å². The van der Waals surface area contributed by atoms with Crippen LogP contribution in [0.5, 0.6) is 11.5 Å². The Morgan fingerprint density at radius 3 is 2.33 bits per heavy atom. The number of fused-ring (bicyclic) bond motifs is 3. The zero-order valence-electron chi connectivity index (χ0n) is 29.6. The van der Waals surface area contributed by atoms with Gasteiger partial charge in [0.25, 0.3) is 0 Å². The van der Waals surface area contributed by atoms with Gasteiger partial charge in [0, 0.05) is 40.7 Å². The van der Waals surface area contributed by atoms with Crippen LogP contribution in [0.25, 0.3) is 0 Å². The van der Waals surface area contributed by atoms with Crippen LogP contribution in [0, 0.1) is 5.92 Å². The van der Waals surface area contributed by atoms with Crippen molar-refractivity contribution in [3.8, 4) is 11.5 Å². The normalized spacial score (nSPS) is 19.9. The number of rotatable bonds is 14. The minimum Gasteiger partial charge on any atom is -0.544 e. The van der Waals surface area contributed by atoms with Crippen molar-refractivity contribution in [3.05, 3.63) is 109 Å². The molecule has 276 valence electrons. The second-order valence-electron chi connectivity index (χ2n) is 13.9. The number of carbonyl (C=O) groups excluding carboxylic acids is 2. The Morgan fingerprint density at radius 2 is 1.73 bits per heavy atom. The number of carboxylic acid groups (broad SMARTS) is 1. The van der Waals surface area contributed by atoms with Gasteiger partial charge in [0.2, 0.25) is 12.4 Å². The minimum atomic E-state index is -1.31. The van der Waals surface area contributed by atoms with Crippen molar-refractivity contribution in [2.45, 2.75) is 50.2 Å². The minimum absolute atomic E-state index is 0.0659. The van der Waals surface area contributed by atoms with E-state index in [1.165, 1.54) is 19.5 Å². The second kappa shape index (κ2) is 16.0. The van der Waals surface area contributed by atoms with Crippen LogP contribution in [0.1, 0.15) is 62.5 Å². The quantitative estimate of drug-likeness (QED) is 0.103. The van der Waals surface area contributed by atoms with Gasteiger partial charge in [0.05, 0.1) is 25.1 Å². The molecule has 7 rings (SSSR count). The summed E-state index contributed by atoms with van der Waals surface area (Å²) in [5.41, 5.74) is 1.65. The Bertz CT molecular complexity index is 1890. The first-order valence-electron chi connectivity index (χ1n) is 17.2. The molecular weight excluding hydrogens is 725 g/mol. The molecule has 3 aliphatic rings. The lowest BCUT2D eigenvalue weighted by Gasteiger charge is -2.45. The third-order valence-corrected chi connectivity index (χ3v) is 12.2. The Balaban J connectivity index is 1.32. The van der Waals surface area contributed by atoms with Crippen molar-refractivity contribution in [1.82, 2.24) is 9.80 Å². The van der Waals surface area contributed by atoms with Crippen LogP contribution in [-0.2, 0) is 27.9 Å². The summed E-state index contributed by atoms with van der Waals surface area (Å²) in [5, 5.41) is 23.2. The van der Waals surface area contributed by atoms with E-state index in [0.717, 1.165) is 64.5 Å². The molecule has 2 aromatic heterocycles. The van der Waals surface area contributed by atoms with Gasteiger partial charge in [-0.1, -0.05) is 59.6 Å². The fourth-order valence-corrected chi connectivity index (χ4v) is 9.37. The first kappa shape index (κ1) is 37.9. The van der Waals surface area contributed by atoms with Gasteiger partial charge in [-0.25, -0.2) is 0 Å². The number of nitrogens with zero attached hydrogens (tertiary/aromatic N) is 3. The summed E-state index contributed by atoms with van der Waals surface area (Å²) in [5.74, 6) is -0.766. The number of piperidine rings is 3. The number of thiophene rings is 1. The Hall–Kier alpha value is -3.87. The third-order valence-electron chi connectivity index (χ3n) is 10.4. The van der Waals surface area contributed by atoms with Crippen LogP contribution in [0.3, 0.4) is 0 Å². The lowest BCUT2D eigenvalue weighted by Crippen LogP contribution is -2.54. The summed E-state index contributed by atoms with van der Waals surface area (Å²) in [4.78, 5) is 32.1. The molecule has 3 atom stereocenters. The van der Waals surface area contributed by atoms with Crippen LogP contribution in [0.2, 0.25) is 10.0 Å². The largest absolute Gasteiger partial charge is 0.544 e. The molecule has 0 spiro atoms. The molecule has 4 aromatic rings. The first-order valence-corrected chi connectivity index (χ1v) is 18.8. The molecule has 3 aliphatic heterocycles. The summed E-state index contributed by atoms with van der Waals surface area (Å²) in [6, 6.07) is 17.0. The molecule has 1 N–H and O–H groups in total. The number of carboxylic acids is 1. The Kier molecular flexibility index (Phi) is 11.7. The van der Waals surface area contributed by atoms with Gasteiger partial charge in [0.15, 0.2) is 11.5 Å². The topological polar surface area (TPSA) is 115 Å². The van der Waals surface area contributed by atoms with Crippen molar-refractivity contribution in [2.75, 3.05) is 47.4 Å². The number of likely N-dealkylation sites (N-methyl/N-ethyl adjacent to an activating group) is 1. The number of hydrogen-bond acceptors (Lipinski definition) is 10. The number of ether oxygens (including phenoxy) is 3. The van der Waals surface area contributed by atoms with Gasteiger partial charge in [-0.15, -0.1) is 11.3 Å². The summed E-state index contributed by atoms with van der Waals surface area (Å²) >= 11 is 14.3. The first-order chi connectivity index (χ1) is 24.9. The number of methoxy groups -OCH3 is 2. The molecule has 2 aromatic carbocycles. The highest BCUT2D eigenvalue weighted by atomic mass is 35.5. The molecule has 1 unspecified atom stereocenters. The highest BCUT2D eigenvalue weighted by molar-refractivity contribution is 7.14. The number of esters is 1. The van der Waals surface area contributed by atoms with Crippen LogP contribution in [0.4, 0.5) is 0 Å².